The molecule has 0 atom stereocenters. The van der Waals surface area contributed by atoms with Crippen molar-refractivity contribution in [1.29, 1.82) is 0 Å². The number of sulfonamides is 1. The number of halogens is 1. The number of nitrogens with zero attached hydrogens (tertiary/aromatic N) is 4. The summed E-state index contributed by atoms with van der Waals surface area (Å²) in [6, 6.07) is 10.2. The lowest BCUT2D eigenvalue weighted by Gasteiger charge is -2.26. The number of anilines is 2. The van der Waals surface area contributed by atoms with E-state index < -0.39 is 10.0 Å². The highest BCUT2D eigenvalue weighted by Gasteiger charge is 2.19. The summed E-state index contributed by atoms with van der Waals surface area (Å²) >= 11 is 5.99. The molecule has 33 heavy (non-hydrogen) atoms. The van der Waals surface area contributed by atoms with Gasteiger partial charge < -0.3 is 11.1 Å². The normalized spacial score (nSPS) is 18.6. The van der Waals surface area contributed by atoms with E-state index in [9.17, 15) is 8.42 Å². The average molecular weight is 488 g/mol. The zero-order chi connectivity index (χ0) is 23.3. The van der Waals surface area contributed by atoms with E-state index in [0.717, 1.165) is 36.9 Å². The van der Waals surface area contributed by atoms with Crippen LogP contribution in [0.1, 0.15) is 36.9 Å². The Balaban J connectivity index is 1.29. The summed E-state index contributed by atoms with van der Waals surface area (Å²) in [7, 11) is -3.84. The second-order valence-corrected chi connectivity index (χ2v) is 10.2. The zero-order valence-electron chi connectivity index (χ0n) is 18.0. The first-order valence-electron chi connectivity index (χ1n) is 10.8. The molecule has 0 aliphatic heterocycles. The van der Waals surface area contributed by atoms with E-state index >= 15 is 0 Å². The molecule has 2 heterocycles. The Labute approximate surface area is 198 Å². The summed E-state index contributed by atoms with van der Waals surface area (Å²) in [6.45, 7) is 0. The summed E-state index contributed by atoms with van der Waals surface area (Å²) in [5.41, 5.74) is 7.67. The Morgan fingerprint density at radius 2 is 1.70 bits per heavy atom. The summed E-state index contributed by atoms with van der Waals surface area (Å²) in [6.07, 6.45) is 9.06. The van der Waals surface area contributed by atoms with Gasteiger partial charge in [-0.15, -0.1) is 5.10 Å². The Morgan fingerprint density at radius 1 is 0.970 bits per heavy atom. The van der Waals surface area contributed by atoms with Crippen LogP contribution in [0.2, 0.25) is 5.02 Å². The van der Waals surface area contributed by atoms with Crippen molar-refractivity contribution in [1.82, 2.24) is 20.2 Å². The third-order valence-corrected chi connectivity index (χ3v) is 7.42. The maximum Gasteiger partial charge on any atom is 0.264 e. The molecular weight excluding hydrogens is 462 g/mol. The van der Waals surface area contributed by atoms with Crippen LogP contribution in [0.5, 0.6) is 0 Å². The van der Waals surface area contributed by atoms with Crippen molar-refractivity contribution >= 4 is 33.4 Å². The molecule has 1 saturated carbocycles. The summed E-state index contributed by atoms with van der Waals surface area (Å²) in [5.74, 6) is 0.760. The molecule has 1 aromatic carbocycles. The molecule has 3 aromatic rings. The first kappa shape index (κ1) is 23.3. The van der Waals surface area contributed by atoms with Crippen molar-refractivity contribution in [3.05, 3.63) is 65.1 Å². The number of aryl methyl sites for hydroxylation is 2. The van der Waals surface area contributed by atoms with Crippen molar-refractivity contribution in [3.8, 4) is 0 Å². The molecule has 0 amide bonds. The highest BCUT2D eigenvalue weighted by Crippen LogP contribution is 2.23. The van der Waals surface area contributed by atoms with Crippen molar-refractivity contribution in [2.75, 3.05) is 10.0 Å². The average Bonchev–Trinajstić information content (AvgIpc) is 2.81. The van der Waals surface area contributed by atoms with E-state index in [4.69, 9.17) is 17.3 Å². The van der Waals surface area contributed by atoms with Gasteiger partial charge in [-0.05, 0) is 68.4 Å². The van der Waals surface area contributed by atoms with Gasteiger partial charge in [0.05, 0.1) is 10.7 Å². The first-order valence-corrected chi connectivity index (χ1v) is 12.7. The Kier molecular flexibility index (Phi) is 7.36. The summed E-state index contributed by atoms with van der Waals surface area (Å²) in [4.78, 5) is 8.82. The largest absolute Gasteiger partial charge is 0.351 e. The van der Waals surface area contributed by atoms with Gasteiger partial charge in [-0.1, -0.05) is 23.7 Å². The molecule has 0 radical (unpaired) electrons. The predicted molar refractivity (Wildman–Crippen MR) is 128 cm³/mol. The smallest absolute Gasteiger partial charge is 0.264 e. The molecule has 0 spiro atoms. The molecule has 9 nitrogen and oxygen atoms in total. The van der Waals surface area contributed by atoms with Crippen LogP contribution in [0.3, 0.4) is 0 Å². The second-order valence-electron chi connectivity index (χ2n) is 8.12. The van der Waals surface area contributed by atoms with Gasteiger partial charge in [-0.3, -0.25) is 4.72 Å². The van der Waals surface area contributed by atoms with E-state index in [0.29, 0.717) is 30.9 Å². The maximum absolute atomic E-state index is 12.5. The van der Waals surface area contributed by atoms with Gasteiger partial charge in [0.2, 0.25) is 5.95 Å². The van der Waals surface area contributed by atoms with Crippen LogP contribution in [-0.4, -0.2) is 40.7 Å². The van der Waals surface area contributed by atoms with Gasteiger partial charge in [-0.25, -0.2) is 18.4 Å². The quantitative estimate of drug-likeness (QED) is 0.440. The molecule has 4 rings (SSSR count). The highest BCUT2D eigenvalue weighted by atomic mass is 35.5. The summed E-state index contributed by atoms with van der Waals surface area (Å²) < 4.78 is 27.4. The third kappa shape index (κ3) is 6.37. The standard InChI is InChI=1S/C22H26ClN7O2S/c23-19-3-1-2-4-20(19)33(31,32)30-21-12-11-18(28-29-21)8-5-15-13-25-22(26-14-15)27-17-9-6-16(24)7-10-17/h1-4,11-14,16-17H,5-10,24H2,(H,29,30)(H,25,26,27). The Bertz CT molecular complexity index is 1170. The van der Waals surface area contributed by atoms with E-state index in [1.54, 1.807) is 24.3 Å². The maximum atomic E-state index is 12.5. The second kappa shape index (κ2) is 10.4. The number of nitrogens with two attached hydrogens (primary N) is 1. The van der Waals surface area contributed by atoms with Crippen molar-refractivity contribution < 1.29 is 8.42 Å². The lowest BCUT2D eigenvalue weighted by molar-refractivity contribution is 0.410. The monoisotopic (exact) mass is 487 g/mol. The van der Waals surface area contributed by atoms with Crippen molar-refractivity contribution in [3.63, 3.8) is 0 Å². The van der Waals surface area contributed by atoms with Crippen LogP contribution in [0.25, 0.3) is 0 Å². The first-order chi connectivity index (χ1) is 15.9. The van der Waals surface area contributed by atoms with Gasteiger partial charge in [0.1, 0.15) is 4.90 Å². The summed E-state index contributed by atoms with van der Waals surface area (Å²) in [5, 5.41) is 11.6. The molecule has 1 aliphatic carbocycles. The van der Waals surface area contributed by atoms with Gasteiger partial charge in [-0.2, -0.15) is 5.10 Å². The number of benzene rings is 1. The lowest BCUT2D eigenvalue weighted by Crippen LogP contribution is -2.33. The van der Waals surface area contributed by atoms with Crippen LogP contribution in [-0.2, 0) is 22.9 Å². The van der Waals surface area contributed by atoms with Crippen LogP contribution in [0.4, 0.5) is 11.8 Å². The predicted octanol–water partition coefficient (Wildman–Crippen LogP) is 3.19. The minimum Gasteiger partial charge on any atom is -0.351 e. The number of rotatable bonds is 8. The zero-order valence-corrected chi connectivity index (χ0v) is 19.6. The van der Waals surface area contributed by atoms with Gasteiger partial charge in [0, 0.05) is 24.5 Å². The van der Waals surface area contributed by atoms with Gasteiger partial charge in [0.25, 0.3) is 10.0 Å². The molecule has 2 aromatic heterocycles. The fourth-order valence-electron chi connectivity index (χ4n) is 3.68. The molecular formula is C22H26ClN7O2S. The molecule has 4 N–H and O–H groups in total. The molecule has 11 heteroatoms. The minimum atomic E-state index is -3.84. The van der Waals surface area contributed by atoms with Crippen LogP contribution < -0.4 is 15.8 Å². The fourth-order valence-corrected chi connectivity index (χ4v) is 5.20. The van der Waals surface area contributed by atoms with E-state index in [2.05, 4.69) is 30.2 Å². The molecule has 0 saturated heterocycles. The lowest BCUT2D eigenvalue weighted by atomic mass is 9.92. The molecule has 1 fully saturated rings. The third-order valence-electron chi connectivity index (χ3n) is 5.57. The Hall–Kier alpha value is -2.82. The van der Waals surface area contributed by atoms with Crippen molar-refractivity contribution in [2.45, 2.75) is 55.5 Å². The van der Waals surface area contributed by atoms with E-state index in [1.807, 2.05) is 12.4 Å². The van der Waals surface area contributed by atoms with Gasteiger partial charge in [0.15, 0.2) is 5.82 Å². The number of hydrogen-bond acceptors (Lipinski definition) is 8. The molecule has 0 bridgehead atoms. The van der Waals surface area contributed by atoms with Gasteiger partial charge >= 0.3 is 0 Å². The van der Waals surface area contributed by atoms with Crippen LogP contribution >= 0.6 is 11.6 Å². The topological polar surface area (TPSA) is 136 Å². The number of aromatic nitrogens is 4. The molecule has 1 aliphatic rings. The fraction of sp³-hybridized carbons (Fsp3) is 0.364. The van der Waals surface area contributed by atoms with Crippen LogP contribution in [0.15, 0.2) is 53.7 Å². The number of hydrogen-bond donors (Lipinski definition) is 3. The molecule has 0 unspecified atom stereocenters. The Morgan fingerprint density at radius 3 is 2.36 bits per heavy atom. The minimum absolute atomic E-state index is 0.0115. The SMILES string of the molecule is NC1CCC(Nc2ncc(CCc3ccc(NS(=O)(=O)c4ccccc4Cl)nn3)cn2)CC1. The van der Waals surface area contributed by atoms with E-state index in [1.165, 1.54) is 12.1 Å². The van der Waals surface area contributed by atoms with E-state index in [-0.39, 0.29) is 15.7 Å². The number of nitrogens with one attached hydrogen (secondary N) is 2. The highest BCUT2D eigenvalue weighted by molar-refractivity contribution is 7.92. The molecule has 174 valence electrons. The van der Waals surface area contributed by atoms with Crippen molar-refractivity contribution in [2.24, 2.45) is 5.73 Å². The van der Waals surface area contributed by atoms with Crippen LogP contribution in [0, 0.1) is 0 Å².